The summed E-state index contributed by atoms with van der Waals surface area (Å²) in [6, 6.07) is 11.7. The van der Waals surface area contributed by atoms with Crippen LogP contribution in [0.25, 0.3) is 0 Å². The molecule has 1 aliphatic rings. The molecule has 2 aromatic rings. The molecule has 1 aliphatic heterocycles. The largest absolute Gasteiger partial charge is 0.491 e. The summed E-state index contributed by atoms with van der Waals surface area (Å²) in [6.07, 6.45) is -4.63. The van der Waals surface area contributed by atoms with Gasteiger partial charge < -0.3 is 15.0 Å². The minimum absolute atomic E-state index is 0.0157. The fourth-order valence-corrected chi connectivity index (χ4v) is 3.18. The van der Waals surface area contributed by atoms with Gasteiger partial charge in [0.25, 0.3) is 0 Å². The Hall–Kier alpha value is -3.03. The highest BCUT2D eigenvalue weighted by Crippen LogP contribution is 2.35. The highest BCUT2D eigenvalue weighted by molar-refractivity contribution is 6.03. The molecule has 0 bridgehead atoms. The first-order valence-corrected chi connectivity index (χ1v) is 9.19. The van der Waals surface area contributed by atoms with Crippen LogP contribution in [0.2, 0.25) is 0 Å². The fourth-order valence-electron chi connectivity index (χ4n) is 3.18. The molecule has 2 amide bonds. The van der Waals surface area contributed by atoms with E-state index >= 15 is 0 Å². The second-order valence-corrected chi connectivity index (χ2v) is 7.10. The molecular weight excluding hydrogens is 385 g/mol. The van der Waals surface area contributed by atoms with Gasteiger partial charge in [-0.3, -0.25) is 9.59 Å². The van der Waals surface area contributed by atoms with E-state index in [1.165, 1.54) is 23.1 Å². The van der Waals surface area contributed by atoms with Crippen LogP contribution in [0.4, 0.5) is 24.5 Å². The van der Waals surface area contributed by atoms with Gasteiger partial charge in [-0.25, -0.2) is 0 Å². The molecule has 1 heterocycles. The van der Waals surface area contributed by atoms with Crippen LogP contribution in [0.3, 0.4) is 0 Å². The van der Waals surface area contributed by atoms with E-state index in [9.17, 15) is 22.8 Å². The SMILES string of the molecule is CC(C)Oc1ccc(N2C[C@H](C(=O)Nc3ccccc3C(F)(F)F)CC2=O)cc1. The lowest BCUT2D eigenvalue weighted by atomic mass is 10.1. The van der Waals surface area contributed by atoms with E-state index in [4.69, 9.17) is 4.74 Å². The van der Waals surface area contributed by atoms with Crippen molar-refractivity contribution in [3.05, 3.63) is 54.1 Å². The molecule has 1 saturated heterocycles. The number of nitrogens with one attached hydrogen (secondary N) is 1. The van der Waals surface area contributed by atoms with E-state index in [1.54, 1.807) is 24.3 Å². The maximum absolute atomic E-state index is 13.1. The number of carbonyl (C=O) groups excluding carboxylic acids is 2. The Kier molecular flexibility index (Phi) is 5.81. The Morgan fingerprint density at radius 3 is 2.41 bits per heavy atom. The minimum atomic E-state index is -4.58. The second kappa shape index (κ2) is 8.14. The van der Waals surface area contributed by atoms with Crippen molar-refractivity contribution in [3.63, 3.8) is 0 Å². The van der Waals surface area contributed by atoms with Crippen molar-refractivity contribution in [1.82, 2.24) is 0 Å². The average molecular weight is 406 g/mol. The van der Waals surface area contributed by atoms with Gasteiger partial charge in [0.15, 0.2) is 0 Å². The van der Waals surface area contributed by atoms with Crippen LogP contribution in [0.1, 0.15) is 25.8 Å². The third-order valence-corrected chi connectivity index (χ3v) is 4.51. The lowest BCUT2D eigenvalue weighted by molar-refractivity contribution is -0.137. The summed E-state index contributed by atoms with van der Waals surface area (Å²) in [6.45, 7) is 3.90. The number of ether oxygens (including phenoxy) is 1. The molecule has 0 radical (unpaired) electrons. The molecule has 154 valence electrons. The smallest absolute Gasteiger partial charge is 0.418 e. The summed E-state index contributed by atoms with van der Waals surface area (Å²) >= 11 is 0. The van der Waals surface area contributed by atoms with E-state index in [1.807, 2.05) is 13.8 Å². The first-order chi connectivity index (χ1) is 13.6. The van der Waals surface area contributed by atoms with Crippen LogP contribution >= 0.6 is 0 Å². The van der Waals surface area contributed by atoms with E-state index in [0.717, 1.165) is 6.07 Å². The number of anilines is 2. The molecule has 3 rings (SSSR count). The van der Waals surface area contributed by atoms with E-state index < -0.39 is 23.6 Å². The maximum atomic E-state index is 13.1. The summed E-state index contributed by atoms with van der Waals surface area (Å²) in [4.78, 5) is 26.3. The van der Waals surface area contributed by atoms with Gasteiger partial charge in [-0.05, 0) is 50.2 Å². The van der Waals surface area contributed by atoms with Gasteiger partial charge in [0.1, 0.15) is 5.75 Å². The monoisotopic (exact) mass is 406 g/mol. The van der Waals surface area contributed by atoms with Gasteiger partial charge in [0.2, 0.25) is 11.8 Å². The number of alkyl halides is 3. The number of nitrogens with zero attached hydrogens (tertiary/aromatic N) is 1. The van der Waals surface area contributed by atoms with Crippen molar-refractivity contribution in [2.45, 2.75) is 32.5 Å². The molecule has 5 nitrogen and oxygen atoms in total. The standard InChI is InChI=1S/C21H21F3N2O3/c1-13(2)29-16-9-7-15(8-10-16)26-12-14(11-19(26)27)20(28)25-18-6-4-3-5-17(18)21(22,23)24/h3-10,13-14H,11-12H2,1-2H3,(H,25,28)/t14-/m1/s1. The van der Waals surface area contributed by atoms with Gasteiger partial charge in [0, 0.05) is 18.7 Å². The second-order valence-electron chi connectivity index (χ2n) is 7.10. The van der Waals surface area contributed by atoms with Gasteiger partial charge in [-0.2, -0.15) is 13.2 Å². The molecule has 1 atom stereocenters. The summed E-state index contributed by atoms with van der Waals surface area (Å²) in [5, 5.41) is 2.32. The van der Waals surface area contributed by atoms with Crippen molar-refractivity contribution < 1.29 is 27.5 Å². The Balaban J connectivity index is 1.70. The number of hydrogen-bond donors (Lipinski definition) is 1. The molecule has 0 unspecified atom stereocenters. The van der Waals surface area contributed by atoms with Crippen LogP contribution < -0.4 is 15.0 Å². The van der Waals surface area contributed by atoms with Crippen molar-refractivity contribution in [3.8, 4) is 5.75 Å². The molecular formula is C21H21F3N2O3. The van der Waals surface area contributed by atoms with Crippen molar-refractivity contribution >= 4 is 23.2 Å². The van der Waals surface area contributed by atoms with Gasteiger partial charge in [-0.15, -0.1) is 0 Å². The summed E-state index contributed by atoms with van der Waals surface area (Å²) in [5.74, 6) is -0.951. The predicted octanol–water partition coefficient (Wildman–Crippen LogP) is 4.48. The number of benzene rings is 2. The molecule has 0 saturated carbocycles. The van der Waals surface area contributed by atoms with Crippen LogP contribution in [0.15, 0.2) is 48.5 Å². The minimum Gasteiger partial charge on any atom is -0.491 e. The van der Waals surface area contributed by atoms with E-state index in [-0.39, 0.29) is 30.7 Å². The van der Waals surface area contributed by atoms with Crippen molar-refractivity contribution in [2.24, 2.45) is 5.92 Å². The number of hydrogen-bond acceptors (Lipinski definition) is 3. The predicted molar refractivity (Wildman–Crippen MR) is 103 cm³/mol. The zero-order valence-corrected chi connectivity index (χ0v) is 16.0. The highest BCUT2D eigenvalue weighted by atomic mass is 19.4. The number of halogens is 3. The first-order valence-electron chi connectivity index (χ1n) is 9.19. The topological polar surface area (TPSA) is 58.6 Å². The average Bonchev–Trinajstić information content (AvgIpc) is 3.03. The fraction of sp³-hybridized carbons (Fsp3) is 0.333. The summed E-state index contributed by atoms with van der Waals surface area (Å²) < 4.78 is 44.9. The Morgan fingerprint density at radius 1 is 1.14 bits per heavy atom. The van der Waals surface area contributed by atoms with Crippen LogP contribution in [0.5, 0.6) is 5.75 Å². The maximum Gasteiger partial charge on any atom is 0.418 e. The molecule has 29 heavy (non-hydrogen) atoms. The zero-order chi connectivity index (χ0) is 21.2. The van der Waals surface area contributed by atoms with Gasteiger partial charge in [0.05, 0.1) is 23.3 Å². The van der Waals surface area contributed by atoms with E-state index in [0.29, 0.717) is 11.4 Å². The molecule has 0 aromatic heterocycles. The Bertz CT molecular complexity index is 895. The lowest BCUT2D eigenvalue weighted by Gasteiger charge is -2.18. The van der Waals surface area contributed by atoms with Gasteiger partial charge in [-0.1, -0.05) is 12.1 Å². The Morgan fingerprint density at radius 2 is 1.79 bits per heavy atom. The number of rotatable bonds is 5. The number of amides is 2. The van der Waals surface area contributed by atoms with E-state index in [2.05, 4.69) is 5.32 Å². The molecule has 0 spiro atoms. The third-order valence-electron chi connectivity index (χ3n) is 4.51. The first kappa shape index (κ1) is 20.7. The molecule has 1 N–H and O–H groups in total. The summed E-state index contributed by atoms with van der Waals surface area (Å²) in [5.41, 5.74) is -0.626. The zero-order valence-electron chi connectivity index (χ0n) is 16.0. The molecule has 2 aromatic carbocycles. The van der Waals surface area contributed by atoms with Gasteiger partial charge >= 0.3 is 6.18 Å². The molecule has 1 fully saturated rings. The number of carbonyl (C=O) groups is 2. The Labute approximate surface area is 166 Å². The van der Waals surface area contributed by atoms with Crippen molar-refractivity contribution in [1.29, 1.82) is 0 Å². The highest BCUT2D eigenvalue weighted by Gasteiger charge is 2.37. The third kappa shape index (κ3) is 4.88. The van der Waals surface area contributed by atoms with Crippen LogP contribution in [-0.4, -0.2) is 24.5 Å². The molecule has 0 aliphatic carbocycles. The van der Waals surface area contributed by atoms with Crippen LogP contribution in [0, 0.1) is 5.92 Å². The van der Waals surface area contributed by atoms with Crippen LogP contribution in [-0.2, 0) is 15.8 Å². The summed E-state index contributed by atoms with van der Waals surface area (Å²) in [7, 11) is 0. The van der Waals surface area contributed by atoms with Crippen molar-refractivity contribution in [2.75, 3.05) is 16.8 Å². The molecule has 8 heteroatoms. The quantitative estimate of drug-likeness (QED) is 0.796. The lowest BCUT2D eigenvalue weighted by Crippen LogP contribution is -2.28. The number of para-hydroxylation sites is 1. The normalized spacial score (nSPS) is 17.0.